The molecule has 0 aliphatic heterocycles. The fourth-order valence-electron chi connectivity index (χ4n) is 1.67. The summed E-state index contributed by atoms with van der Waals surface area (Å²) >= 11 is 1.62. The van der Waals surface area contributed by atoms with E-state index in [0.29, 0.717) is 6.54 Å². The highest BCUT2D eigenvalue weighted by Crippen LogP contribution is 2.19. The lowest BCUT2D eigenvalue weighted by Crippen LogP contribution is -2.19. The molecule has 0 fully saturated rings. The molecule has 19 heavy (non-hydrogen) atoms. The number of nitrogens with one attached hydrogen (secondary N) is 1. The van der Waals surface area contributed by atoms with Gasteiger partial charge in [0.15, 0.2) is 0 Å². The van der Waals surface area contributed by atoms with Crippen LogP contribution in [0.3, 0.4) is 0 Å². The van der Waals surface area contributed by atoms with Crippen molar-refractivity contribution in [2.75, 3.05) is 7.11 Å². The smallest absolute Gasteiger partial charge is 0.374 e. The van der Waals surface area contributed by atoms with E-state index in [4.69, 9.17) is 4.42 Å². The number of carbonyl (C=O) groups excluding carboxylic acids is 1. The minimum Gasteiger partial charge on any atom is -0.463 e. The molecule has 2 aromatic heterocycles. The van der Waals surface area contributed by atoms with Crippen LogP contribution in [0, 0.1) is 6.92 Å². The van der Waals surface area contributed by atoms with Gasteiger partial charge in [0, 0.05) is 23.2 Å². The maximum absolute atomic E-state index is 11.5. The second-order valence-electron chi connectivity index (χ2n) is 4.20. The van der Waals surface area contributed by atoms with Crippen LogP contribution in [0.5, 0.6) is 0 Å². The van der Waals surface area contributed by atoms with Gasteiger partial charge in [-0.05, 0) is 19.9 Å². The van der Waals surface area contributed by atoms with E-state index in [2.05, 4.69) is 15.0 Å². The van der Waals surface area contributed by atoms with Crippen molar-refractivity contribution in [2.45, 2.75) is 26.4 Å². The van der Waals surface area contributed by atoms with Crippen molar-refractivity contribution in [1.29, 1.82) is 0 Å². The fraction of sp³-hybridized carbons (Fsp3) is 0.385. The lowest BCUT2D eigenvalue weighted by atomic mass is 10.2. The second kappa shape index (κ2) is 5.99. The fourth-order valence-corrected chi connectivity index (χ4v) is 2.50. The van der Waals surface area contributed by atoms with E-state index in [1.807, 2.05) is 19.2 Å². The highest BCUT2D eigenvalue weighted by molar-refractivity contribution is 7.09. The molecule has 0 bridgehead atoms. The number of hydrogen-bond acceptors (Lipinski definition) is 6. The minimum absolute atomic E-state index is 0.124. The topological polar surface area (TPSA) is 64.4 Å². The Balaban J connectivity index is 1.99. The van der Waals surface area contributed by atoms with Gasteiger partial charge in [-0.25, -0.2) is 9.78 Å². The van der Waals surface area contributed by atoms with Crippen LogP contribution in [0.2, 0.25) is 0 Å². The molecule has 0 aliphatic carbocycles. The summed E-state index contributed by atoms with van der Waals surface area (Å²) in [7, 11) is 1.34. The van der Waals surface area contributed by atoms with Crippen LogP contribution in [0.25, 0.3) is 0 Å². The third kappa shape index (κ3) is 3.21. The molecule has 0 saturated carbocycles. The Hall–Kier alpha value is -1.66. The summed E-state index contributed by atoms with van der Waals surface area (Å²) in [4.78, 5) is 15.9. The Bertz CT molecular complexity index is 562. The number of furan rings is 1. The SMILES string of the molecule is COC(=O)c1occc1CNC(C)c1nc(C)cs1. The predicted octanol–water partition coefficient (Wildman–Crippen LogP) is 2.68. The van der Waals surface area contributed by atoms with Crippen LogP contribution in [0.1, 0.15) is 39.8 Å². The summed E-state index contributed by atoms with van der Waals surface area (Å²) < 4.78 is 9.79. The average Bonchev–Trinajstić information content (AvgIpc) is 3.03. The van der Waals surface area contributed by atoms with Crippen molar-refractivity contribution in [2.24, 2.45) is 0 Å². The molecule has 6 heteroatoms. The largest absolute Gasteiger partial charge is 0.463 e. The number of thiazole rings is 1. The summed E-state index contributed by atoms with van der Waals surface area (Å²) in [6, 6.07) is 1.89. The molecule has 0 saturated heterocycles. The summed E-state index contributed by atoms with van der Waals surface area (Å²) in [5.41, 5.74) is 1.80. The number of hydrogen-bond donors (Lipinski definition) is 1. The van der Waals surface area contributed by atoms with E-state index in [9.17, 15) is 4.79 Å². The lowest BCUT2D eigenvalue weighted by Gasteiger charge is -2.10. The molecular weight excluding hydrogens is 264 g/mol. The number of nitrogens with zero attached hydrogens (tertiary/aromatic N) is 1. The maximum Gasteiger partial charge on any atom is 0.374 e. The van der Waals surface area contributed by atoms with Crippen LogP contribution in [-0.2, 0) is 11.3 Å². The number of carbonyl (C=O) groups is 1. The maximum atomic E-state index is 11.5. The first kappa shape index (κ1) is 13.8. The zero-order valence-corrected chi connectivity index (χ0v) is 11.9. The minimum atomic E-state index is -0.459. The molecule has 2 aromatic rings. The van der Waals surface area contributed by atoms with Crippen LogP contribution >= 0.6 is 11.3 Å². The van der Waals surface area contributed by atoms with Gasteiger partial charge in [0.05, 0.1) is 19.4 Å². The number of methoxy groups -OCH3 is 1. The molecule has 102 valence electrons. The van der Waals surface area contributed by atoms with E-state index in [-0.39, 0.29) is 11.8 Å². The van der Waals surface area contributed by atoms with Gasteiger partial charge in [0.1, 0.15) is 5.01 Å². The number of esters is 1. The molecule has 0 aliphatic rings. The van der Waals surface area contributed by atoms with E-state index in [1.54, 1.807) is 17.4 Å². The summed E-state index contributed by atoms with van der Waals surface area (Å²) in [5.74, 6) is -0.211. The molecule has 0 aromatic carbocycles. The Morgan fingerprint density at radius 2 is 2.42 bits per heavy atom. The Morgan fingerprint density at radius 1 is 1.63 bits per heavy atom. The molecule has 0 spiro atoms. The standard InChI is InChI=1S/C13H16N2O3S/c1-8-7-19-12(15-8)9(2)14-6-10-4-5-18-11(10)13(16)17-3/h4-5,7,9,14H,6H2,1-3H3. The van der Waals surface area contributed by atoms with Gasteiger partial charge in [0.2, 0.25) is 5.76 Å². The Labute approximate surface area is 115 Å². The van der Waals surface area contributed by atoms with E-state index in [1.165, 1.54) is 13.4 Å². The van der Waals surface area contributed by atoms with Gasteiger partial charge in [-0.15, -0.1) is 11.3 Å². The molecule has 0 amide bonds. The van der Waals surface area contributed by atoms with Crippen LogP contribution in [-0.4, -0.2) is 18.1 Å². The van der Waals surface area contributed by atoms with Crippen molar-refractivity contribution in [3.05, 3.63) is 39.7 Å². The molecular formula is C13H16N2O3S. The number of aromatic nitrogens is 1. The first-order chi connectivity index (χ1) is 9.11. The van der Waals surface area contributed by atoms with E-state index in [0.717, 1.165) is 16.3 Å². The first-order valence-corrected chi connectivity index (χ1v) is 6.80. The van der Waals surface area contributed by atoms with Gasteiger partial charge in [-0.1, -0.05) is 0 Å². The first-order valence-electron chi connectivity index (χ1n) is 5.92. The average molecular weight is 280 g/mol. The monoisotopic (exact) mass is 280 g/mol. The summed E-state index contributed by atoms with van der Waals surface area (Å²) in [5, 5.41) is 6.36. The van der Waals surface area contributed by atoms with E-state index >= 15 is 0 Å². The van der Waals surface area contributed by atoms with Crippen LogP contribution in [0.15, 0.2) is 22.1 Å². The predicted molar refractivity (Wildman–Crippen MR) is 72.2 cm³/mol. The molecule has 2 heterocycles. The molecule has 1 N–H and O–H groups in total. The lowest BCUT2D eigenvalue weighted by molar-refractivity contribution is 0.0563. The number of ether oxygens (including phenoxy) is 1. The van der Waals surface area contributed by atoms with Crippen molar-refractivity contribution in [1.82, 2.24) is 10.3 Å². The third-order valence-electron chi connectivity index (χ3n) is 2.72. The van der Waals surface area contributed by atoms with Gasteiger partial charge in [0.25, 0.3) is 0 Å². The normalized spacial score (nSPS) is 12.4. The van der Waals surface area contributed by atoms with Gasteiger partial charge >= 0.3 is 5.97 Å². The van der Waals surface area contributed by atoms with Crippen LogP contribution in [0.4, 0.5) is 0 Å². The zero-order valence-electron chi connectivity index (χ0n) is 11.1. The third-order valence-corrected chi connectivity index (χ3v) is 3.87. The molecule has 5 nitrogen and oxygen atoms in total. The van der Waals surface area contributed by atoms with Gasteiger partial charge < -0.3 is 14.5 Å². The van der Waals surface area contributed by atoms with Gasteiger partial charge in [-0.2, -0.15) is 0 Å². The van der Waals surface area contributed by atoms with Crippen molar-refractivity contribution >= 4 is 17.3 Å². The molecule has 2 rings (SSSR count). The number of aryl methyl sites for hydroxylation is 1. The zero-order chi connectivity index (χ0) is 13.8. The van der Waals surface area contributed by atoms with Crippen LogP contribution < -0.4 is 5.32 Å². The molecule has 0 radical (unpaired) electrons. The van der Waals surface area contributed by atoms with Gasteiger partial charge in [-0.3, -0.25) is 0 Å². The highest BCUT2D eigenvalue weighted by atomic mass is 32.1. The summed E-state index contributed by atoms with van der Waals surface area (Å²) in [6.45, 7) is 4.54. The molecule has 1 unspecified atom stereocenters. The Morgan fingerprint density at radius 3 is 3.05 bits per heavy atom. The Kier molecular flexibility index (Phi) is 4.34. The van der Waals surface area contributed by atoms with Crippen molar-refractivity contribution < 1.29 is 13.9 Å². The quantitative estimate of drug-likeness (QED) is 0.853. The van der Waals surface area contributed by atoms with Crippen molar-refractivity contribution in [3.8, 4) is 0 Å². The summed E-state index contributed by atoms with van der Waals surface area (Å²) in [6.07, 6.45) is 1.49. The second-order valence-corrected chi connectivity index (χ2v) is 5.09. The van der Waals surface area contributed by atoms with Crippen molar-refractivity contribution in [3.63, 3.8) is 0 Å². The number of rotatable bonds is 5. The highest BCUT2D eigenvalue weighted by Gasteiger charge is 2.17. The van der Waals surface area contributed by atoms with E-state index < -0.39 is 5.97 Å². The molecule has 1 atom stereocenters.